The maximum atomic E-state index is 3.81. The fourth-order valence-corrected chi connectivity index (χ4v) is 4.72. The van der Waals surface area contributed by atoms with E-state index in [1.807, 2.05) is 0 Å². The molecule has 1 aliphatic rings. The fraction of sp³-hybridized carbons (Fsp3) is 0.182. The Morgan fingerprint density at radius 1 is 0.783 bits per heavy atom. The van der Waals surface area contributed by atoms with Crippen molar-refractivity contribution in [1.82, 2.24) is 0 Å². The highest BCUT2D eigenvalue weighted by molar-refractivity contribution is 9.10. The Morgan fingerprint density at radius 2 is 1.48 bits per heavy atom. The zero-order valence-corrected chi connectivity index (χ0v) is 15.2. The maximum Gasteiger partial charge on any atom is 0.0436 e. The van der Waals surface area contributed by atoms with Crippen molar-refractivity contribution in [2.24, 2.45) is 0 Å². The van der Waals surface area contributed by atoms with Crippen molar-refractivity contribution >= 4 is 15.9 Å². The van der Waals surface area contributed by atoms with Crippen LogP contribution in [-0.4, -0.2) is 0 Å². The van der Waals surface area contributed by atoms with E-state index in [9.17, 15) is 0 Å². The third-order valence-corrected chi connectivity index (χ3v) is 5.73. The van der Waals surface area contributed by atoms with E-state index in [-0.39, 0.29) is 5.41 Å². The van der Waals surface area contributed by atoms with E-state index in [1.54, 1.807) is 0 Å². The quantitative estimate of drug-likeness (QED) is 0.469. The first kappa shape index (κ1) is 14.7. The predicted molar refractivity (Wildman–Crippen MR) is 101 cm³/mol. The highest BCUT2D eigenvalue weighted by Gasteiger charge is 2.41. The molecule has 0 nitrogen and oxygen atoms in total. The van der Waals surface area contributed by atoms with Gasteiger partial charge in [-0.1, -0.05) is 76.1 Å². The lowest BCUT2D eigenvalue weighted by Crippen LogP contribution is -2.22. The lowest BCUT2D eigenvalue weighted by atomic mass is 9.74. The summed E-state index contributed by atoms with van der Waals surface area (Å²) in [6, 6.07) is 22.3. The molecule has 0 bridgehead atoms. The number of rotatable bonds is 1. The third kappa shape index (κ3) is 2.03. The molecule has 3 aromatic rings. The van der Waals surface area contributed by atoms with E-state index >= 15 is 0 Å². The third-order valence-electron chi connectivity index (χ3n) is 5.11. The van der Waals surface area contributed by atoms with Crippen LogP contribution in [0.25, 0.3) is 11.1 Å². The average molecular weight is 363 g/mol. The van der Waals surface area contributed by atoms with Gasteiger partial charge in [0.25, 0.3) is 0 Å². The number of halogens is 1. The molecule has 0 aromatic heterocycles. The zero-order chi connectivity index (χ0) is 16.2. The largest absolute Gasteiger partial charge is 0.0622 e. The lowest BCUT2D eigenvalue weighted by Gasteiger charge is -2.29. The number of hydrogen-bond acceptors (Lipinski definition) is 0. The van der Waals surface area contributed by atoms with Crippen LogP contribution in [0.3, 0.4) is 0 Å². The minimum Gasteiger partial charge on any atom is -0.0622 e. The number of aryl methyl sites for hydroxylation is 2. The summed E-state index contributed by atoms with van der Waals surface area (Å²) in [6.07, 6.45) is 0. The summed E-state index contributed by atoms with van der Waals surface area (Å²) < 4.78 is 1.19. The van der Waals surface area contributed by atoms with Crippen LogP contribution < -0.4 is 0 Å². The highest BCUT2D eigenvalue weighted by atomic mass is 79.9. The molecule has 1 aliphatic carbocycles. The topological polar surface area (TPSA) is 0 Å². The van der Waals surface area contributed by atoms with Crippen molar-refractivity contribution in [2.45, 2.75) is 26.2 Å². The summed E-state index contributed by atoms with van der Waals surface area (Å²) in [4.78, 5) is 0. The first-order valence-electron chi connectivity index (χ1n) is 7.99. The van der Waals surface area contributed by atoms with Crippen molar-refractivity contribution in [3.63, 3.8) is 0 Å². The fourth-order valence-electron chi connectivity index (χ4n) is 3.93. The molecule has 0 amide bonds. The molecule has 4 rings (SSSR count). The van der Waals surface area contributed by atoms with E-state index < -0.39 is 0 Å². The van der Waals surface area contributed by atoms with Gasteiger partial charge in [0.15, 0.2) is 0 Å². The Labute approximate surface area is 146 Å². The lowest BCUT2D eigenvalue weighted by molar-refractivity contribution is 0.712. The molecule has 0 heterocycles. The zero-order valence-electron chi connectivity index (χ0n) is 13.7. The summed E-state index contributed by atoms with van der Waals surface area (Å²) in [7, 11) is 0. The van der Waals surface area contributed by atoms with Crippen LogP contribution in [0.4, 0.5) is 0 Å². The number of fused-ring (bicyclic) bond motifs is 3. The Bertz CT molecular complexity index is 909. The van der Waals surface area contributed by atoms with Gasteiger partial charge in [0.2, 0.25) is 0 Å². The van der Waals surface area contributed by atoms with Crippen LogP contribution in [0.15, 0.2) is 65.1 Å². The summed E-state index contributed by atoms with van der Waals surface area (Å²) in [6.45, 7) is 6.71. The number of benzene rings is 3. The molecule has 114 valence electrons. The first-order chi connectivity index (χ1) is 11.0. The van der Waals surface area contributed by atoms with Crippen LogP contribution >= 0.6 is 15.9 Å². The van der Waals surface area contributed by atoms with Crippen LogP contribution in [-0.2, 0) is 5.41 Å². The van der Waals surface area contributed by atoms with Gasteiger partial charge in [-0.25, -0.2) is 0 Å². The van der Waals surface area contributed by atoms with Gasteiger partial charge in [-0.15, -0.1) is 0 Å². The summed E-state index contributed by atoms with van der Waals surface area (Å²) >= 11 is 3.81. The molecule has 1 unspecified atom stereocenters. The van der Waals surface area contributed by atoms with Gasteiger partial charge in [0.05, 0.1) is 0 Å². The van der Waals surface area contributed by atoms with Gasteiger partial charge in [0.1, 0.15) is 0 Å². The molecule has 0 aliphatic heterocycles. The van der Waals surface area contributed by atoms with Gasteiger partial charge in [-0.05, 0) is 54.7 Å². The highest BCUT2D eigenvalue weighted by Crippen LogP contribution is 2.54. The molecule has 0 spiro atoms. The average Bonchev–Trinajstić information content (AvgIpc) is 2.79. The molecule has 0 N–H and O–H groups in total. The van der Waals surface area contributed by atoms with Crippen LogP contribution in [0.2, 0.25) is 0 Å². The minimum atomic E-state index is -0.105. The maximum absolute atomic E-state index is 3.81. The van der Waals surface area contributed by atoms with Gasteiger partial charge in [-0.3, -0.25) is 0 Å². The second kappa shape index (κ2) is 5.07. The van der Waals surface area contributed by atoms with E-state index in [2.05, 4.69) is 97.4 Å². The molecule has 1 atom stereocenters. The molecule has 0 saturated carbocycles. The molecular weight excluding hydrogens is 344 g/mol. The van der Waals surface area contributed by atoms with Gasteiger partial charge >= 0.3 is 0 Å². The molecule has 0 radical (unpaired) electrons. The summed E-state index contributed by atoms with van der Waals surface area (Å²) in [5.74, 6) is 0. The first-order valence-corrected chi connectivity index (χ1v) is 8.79. The predicted octanol–water partition coefficient (Wildman–Crippen LogP) is 6.40. The van der Waals surface area contributed by atoms with Crippen molar-refractivity contribution in [3.05, 3.63) is 93.0 Å². The van der Waals surface area contributed by atoms with Crippen LogP contribution in [0, 0.1) is 13.8 Å². The van der Waals surface area contributed by atoms with Gasteiger partial charge < -0.3 is 0 Å². The van der Waals surface area contributed by atoms with Crippen molar-refractivity contribution in [3.8, 4) is 11.1 Å². The summed E-state index contributed by atoms with van der Waals surface area (Å²) in [5, 5.41) is 0. The normalized spacial score (nSPS) is 18.6. The van der Waals surface area contributed by atoms with E-state index in [1.165, 1.54) is 43.4 Å². The van der Waals surface area contributed by atoms with E-state index in [0.717, 1.165) is 0 Å². The molecule has 0 saturated heterocycles. The Balaban J connectivity index is 2.14. The molecule has 3 aromatic carbocycles. The number of hydrogen-bond donors (Lipinski definition) is 0. The molecule has 0 fully saturated rings. The van der Waals surface area contributed by atoms with Gasteiger partial charge in [0, 0.05) is 15.5 Å². The van der Waals surface area contributed by atoms with E-state index in [4.69, 9.17) is 0 Å². The Hall–Kier alpha value is -1.86. The Kier molecular flexibility index (Phi) is 3.24. The standard InChI is InChI=1S/C22H19Br/c1-14-9-10-17-18(11-14)22(3,16-7-5-4-6-8-16)19-12-15(2)13-20(23)21(17)19/h4-13H,1-3H3. The molecular formula is C22H19Br. The van der Waals surface area contributed by atoms with Crippen molar-refractivity contribution in [2.75, 3.05) is 0 Å². The SMILES string of the molecule is Cc1ccc2c(c1)C(C)(c1ccccc1)c1cc(C)cc(Br)c1-2. The van der Waals surface area contributed by atoms with Gasteiger partial charge in [-0.2, -0.15) is 0 Å². The van der Waals surface area contributed by atoms with Crippen LogP contribution in [0.5, 0.6) is 0 Å². The minimum absolute atomic E-state index is 0.105. The second-order valence-electron chi connectivity index (χ2n) is 6.71. The molecule has 1 heteroatoms. The van der Waals surface area contributed by atoms with E-state index in [0.29, 0.717) is 0 Å². The monoisotopic (exact) mass is 362 g/mol. The Morgan fingerprint density at radius 3 is 2.22 bits per heavy atom. The summed E-state index contributed by atoms with van der Waals surface area (Å²) in [5.41, 5.74) is 9.35. The second-order valence-corrected chi connectivity index (χ2v) is 7.56. The van der Waals surface area contributed by atoms with Crippen LogP contribution in [0.1, 0.15) is 34.7 Å². The van der Waals surface area contributed by atoms with Crippen molar-refractivity contribution < 1.29 is 0 Å². The molecule has 23 heavy (non-hydrogen) atoms. The smallest absolute Gasteiger partial charge is 0.0436 e. The van der Waals surface area contributed by atoms with Crippen molar-refractivity contribution in [1.29, 1.82) is 0 Å².